The van der Waals surface area contributed by atoms with Crippen LogP contribution in [0, 0.1) is 11.3 Å². The lowest BCUT2D eigenvalue weighted by Gasteiger charge is -2.48. The lowest BCUT2D eigenvalue weighted by Crippen LogP contribution is -2.65. The quantitative estimate of drug-likeness (QED) is 0.753. The molecule has 100 valence electrons. The van der Waals surface area contributed by atoms with E-state index in [4.69, 9.17) is 15.1 Å². The molecule has 7 heteroatoms. The highest BCUT2D eigenvalue weighted by Crippen LogP contribution is 2.25. The number of rotatable bonds is 5. The van der Waals surface area contributed by atoms with Gasteiger partial charge in [-0.15, -0.1) is 0 Å². The molecule has 1 heterocycles. The second-order valence-corrected chi connectivity index (χ2v) is 4.60. The van der Waals surface area contributed by atoms with Gasteiger partial charge in [-0.1, -0.05) is 0 Å². The molecule has 0 atom stereocenters. The number of ether oxygens (including phenoxy) is 1. The number of carbonyl (C=O) groups excluding carboxylic acids is 1. The monoisotopic (exact) mass is 255 g/mol. The van der Waals surface area contributed by atoms with Crippen molar-refractivity contribution in [2.75, 3.05) is 33.3 Å². The molecule has 2 amide bonds. The van der Waals surface area contributed by atoms with Crippen molar-refractivity contribution in [1.29, 1.82) is 5.26 Å². The molecule has 1 aliphatic rings. The standard InChI is InChI=1S/C11H17N3O4/c1-11(18-6-9(15)16)7-14(8-11)10(17)13(2)5-3-4-12/h3,5-8H2,1-2H3,(H,15,16). The summed E-state index contributed by atoms with van der Waals surface area (Å²) in [5.41, 5.74) is -0.579. The molecule has 0 aromatic rings. The lowest BCUT2D eigenvalue weighted by atomic mass is 9.97. The predicted molar refractivity (Wildman–Crippen MR) is 61.8 cm³/mol. The molecule has 7 nitrogen and oxygen atoms in total. The Labute approximate surface area is 106 Å². The van der Waals surface area contributed by atoms with Gasteiger partial charge < -0.3 is 19.6 Å². The molecule has 0 aromatic carbocycles. The second-order valence-electron chi connectivity index (χ2n) is 4.60. The first kappa shape index (κ1) is 14.3. The third-order valence-corrected chi connectivity index (χ3v) is 2.75. The lowest BCUT2D eigenvalue weighted by molar-refractivity contribution is -0.160. The molecule has 0 aliphatic carbocycles. The van der Waals surface area contributed by atoms with E-state index in [0.29, 0.717) is 26.1 Å². The Bertz CT molecular complexity index is 371. The number of nitriles is 1. The Hall–Kier alpha value is -1.81. The number of likely N-dealkylation sites (tertiary alicyclic amines) is 1. The number of nitrogens with zero attached hydrogens (tertiary/aromatic N) is 3. The zero-order valence-electron chi connectivity index (χ0n) is 10.5. The van der Waals surface area contributed by atoms with Gasteiger partial charge in [-0.2, -0.15) is 5.26 Å². The maximum Gasteiger partial charge on any atom is 0.329 e. The fraction of sp³-hybridized carbons (Fsp3) is 0.727. The number of hydrogen-bond donors (Lipinski definition) is 1. The van der Waals surface area contributed by atoms with Crippen molar-refractivity contribution in [3.63, 3.8) is 0 Å². The van der Waals surface area contributed by atoms with Crippen molar-refractivity contribution < 1.29 is 19.4 Å². The van der Waals surface area contributed by atoms with Gasteiger partial charge in [-0.3, -0.25) is 0 Å². The first-order valence-electron chi connectivity index (χ1n) is 5.61. The second kappa shape index (κ2) is 5.69. The molecule has 0 spiro atoms. The third kappa shape index (κ3) is 3.60. The van der Waals surface area contributed by atoms with Crippen LogP contribution in [0.4, 0.5) is 4.79 Å². The van der Waals surface area contributed by atoms with Crippen molar-refractivity contribution in [3.8, 4) is 6.07 Å². The van der Waals surface area contributed by atoms with Crippen molar-refractivity contribution in [3.05, 3.63) is 0 Å². The van der Waals surface area contributed by atoms with E-state index >= 15 is 0 Å². The molecular weight excluding hydrogens is 238 g/mol. The molecule has 1 fully saturated rings. The highest BCUT2D eigenvalue weighted by molar-refractivity contribution is 5.75. The molecule has 1 N–H and O–H groups in total. The van der Waals surface area contributed by atoms with Crippen LogP contribution in [0.5, 0.6) is 0 Å². The van der Waals surface area contributed by atoms with Crippen LogP contribution in [-0.4, -0.2) is 65.8 Å². The smallest absolute Gasteiger partial charge is 0.329 e. The number of aliphatic carboxylic acids is 1. The van der Waals surface area contributed by atoms with Gasteiger partial charge in [0.05, 0.1) is 25.6 Å². The summed E-state index contributed by atoms with van der Waals surface area (Å²) in [6, 6.07) is 1.81. The molecule has 1 aliphatic heterocycles. The summed E-state index contributed by atoms with van der Waals surface area (Å²) in [7, 11) is 1.63. The van der Waals surface area contributed by atoms with Crippen LogP contribution in [-0.2, 0) is 9.53 Å². The summed E-state index contributed by atoms with van der Waals surface area (Å²) in [5.74, 6) is -1.02. The average molecular weight is 255 g/mol. The van der Waals surface area contributed by atoms with Gasteiger partial charge in [0.25, 0.3) is 0 Å². The Morgan fingerprint density at radius 1 is 1.56 bits per heavy atom. The Balaban J connectivity index is 2.34. The van der Waals surface area contributed by atoms with E-state index in [0.717, 1.165) is 0 Å². The van der Waals surface area contributed by atoms with Gasteiger partial charge in [0.15, 0.2) is 0 Å². The number of carbonyl (C=O) groups is 2. The average Bonchev–Trinajstić information content (AvgIpc) is 2.28. The van der Waals surface area contributed by atoms with Gasteiger partial charge in [0, 0.05) is 13.6 Å². The number of carboxylic acid groups (broad SMARTS) is 1. The Morgan fingerprint density at radius 3 is 2.67 bits per heavy atom. The minimum atomic E-state index is -1.02. The maximum atomic E-state index is 11.8. The van der Waals surface area contributed by atoms with E-state index in [2.05, 4.69) is 0 Å². The topological polar surface area (TPSA) is 93.9 Å². The van der Waals surface area contributed by atoms with Gasteiger partial charge in [0.2, 0.25) is 0 Å². The summed E-state index contributed by atoms with van der Waals surface area (Å²) < 4.78 is 5.20. The minimum Gasteiger partial charge on any atom is -0.480 e. The Kier molecular flexibility index (Phi) is 4.50. The van der Waals surface area contributed by atoms with Crippen molar-refractivity contribution >= 4 is 12.0 Å². The SMILES string of the molecule is CN(CCC#N)C(=O)N1CC(C)(OCC(=O)O)C1. The largest absolute Gasteiger partial charge is 0.480 e. The third-order valence-electron chi connectivity index (χ3n) is 2.75. The molecule has 1 saturated heterocycles. The fourth-order valence-corrected chi connectivity index (χ4v) is 1.78. The van der Waals surface area contributed by atoms with E-state index in [1.54, 1.807) is 18.9 Å². The number of urea groups is 1. The molecule has 1 rings (SSSR count). The summed E-state index contributed by atoms with van der Waals surface area (Å²) >= 11 is 0. The van der Waals surface area contributed by atoms with E-state index in [9.17, 15) is 9.59 Å². The molecule has 0 unspecified atom stereocenters. The molecule has 0 saturated carbocycles. The van der Waals surface area contributed by atoms with Crippen LogP contribution in [0.15, 0.2) is 0 Å². The van der Waals surface area contributed by atoms with Crippen LogP contribution in [0.25, 0.3) is 0 Å². The number of carboxylic acids is 1. The van der Waals surface area contributed by atoms with Crippen LogP contribution < -0.4 is 0 Å². The molecule has 0 aromatic heterocycles. The van der Waals surface area contributed by atoms with Crippen molar-refractivity contribution in [1.82, 2.24) is 9.80 Å². The Morgan fingerprint density at radius 2 is 2.17 bits per heavy atom. The molecule has 18 heavy (non-hydrogen) atoms. The van der Waals surface area contributed by atoms with E-state index in [-0.39, 0.29) is 12.6 Å². The van der Waals surface area contributed by atoms with E-state index < -0.39 is 11.6 Å². The fourth-order valence-electron chi connectivity index (χ4n) is 1.78. The normalized spacial score (nSPS) is 16.6. The van der Waals surface area contributed by atoms with Crippen molar-refractivity contribution in [2.45, 2.75) is 18.9 Å². The summed E-state index contributed by atoms with van der Waals surface area (Å²) in [6.45, 7) is 2.54. The van der Waals surface area contributed by atoms with Gasteiger partial charge >= 0.3 is 12.0 Å². The maximum absolute atomic E-state index is 11.8. The summed E-state index contributed by atoms with van der Waals surface area (Å²) in [4.78, 5) is 25.3. The van der Waals surface area contributed by atoms with Crippen LogP contribution in [0.2, 0.25) is 0 Å². The highest BCUT2D eigenvalue weighted by Gasteiger charge is 2.43. The predicted octanol–water partition coefficient (Wildman–Crippen LogP) is 0.127. The van der Waals surface area contributed by atoms with Gasteiger partial charge in [-0.05, 0) is 6.92 Å². The summed E-state index contributed by atoms with van der Waals surface area (Å²) in [5, 5.41) is 16.9. The first-order valence-corrected chi connectivity index (χ1v) is 5.61. The minimum absolute atomic E-state index is 0.165. The van der Waals surface area contributed by atoms with Crippen LogP contribution in [0.3, 0.4) is 0 Å². The van der Waals surface area contributed by atoms with Crippen molar-refractivity contribution in [2.24, 2.45) is 0 Å². The number of amides is 2. The molecule has 0 bridgehead atoms. The zero-order chi connectivity index (χ0) is 13.8. The first-order chi connectivity index (χ1) is 8.38. The number of hydrogen-bond acceptors (Lipinski definition) is 4. The van der Waals surface area contributed by atoms with Crippen LogP contribution in [0.1, 0.15) is 13.3 Å². The van der Waals surface area contributed by atoms with Gasteiger partial charge in [0.1, 0.15) is 12.2 Å². The highest BCUT2D eigenvalue weighted by atomic mass is 16.5. The summed E-state index contributed by atoms with van der Waals surface area (Å²) in [6.07, 6.45) is 0.295. The van der Waals surface area contributed by atoms with Crippen LogP contribution >= 0.6 is 0 Å². The van der Waals surface area contributed by atoms with E-state index in [1.807, 2.05) is 6.07 Å². The molecular formula is C11H17N3O4. The van der Waals surface area contributed by atoms with Gasteiger partial charge in [-0.25, -0.2) is 9.59 Å². The zero-order valence-corrected chi connectivity index (χ0v) is 10.5. The van der Waals surface area contributed by atoms with E-state index in [1.165, 1.54) is 4.90 Å². The molecule has 0 radical (unpaired) electrons.